The van der Waals surface area contributed by atoms with Crippen LogP contribution in [0.2, 0.25) is 0 Å². The Balaban J connectivity index is 2.48. The smallest absolute Gasteiger partial charge is 0.410 e. The van der Waals surface area contributed by atoms with Crippen LogP contribution >= 0.6 is 0 Å². The molecule has 0 spiro atoms. The Labute approximate surface area is 108 Å². The van der Waals surface area contributed by atoms with Crippen LogP contribution in [0.5, 0.6) is 0 Å². The molecule has 106 valence electrons. The summed E-state index contributed by atoms with van der Waals surface area (Å²) in [6, 6.07) is -0.283. The van der Waals surface area contributed by atoms with Crippen LogP contribution in [0.25, 0.3) is 0 Å². The summed E-state index contributed by atoms with van der Waals surface area (Å²) < 4.78 is 32.2. The molecule has 0 N–H and O–H groups in total. The van der Waals surface area contributed by atoms with Gasteiger partial charge >= 0.3 is 6.09 Å². The molecule has 1 amide bonds. The van der Waals surface area contributed by atoms with Crippen molar-refractivity contribution in [2.75, 3.05) is 19.4 Å². The fourth-order valence-corrected chi connectivity index (χ4v) is 2.62. The molecule has 0 aromatic rings. The van der Waals surface area contributed by atoms with Crippen molar-refractivity contribution in [1.29, 1.82) is 0 Å². The first kappa shape index (κ1) is 15.2. The predicted octanol–water partition coefficient (Wildman–Crippen LogP) is 1.36. The monoisotopic (exact) mass is 279 g/mol. The standard InChI is InChI=1S/C11H21NO5S/c1-4-5-8-16-11(13)12-7-6-10(9(12)2)17-18(3,14)15/h9-10H,4-8H2,1-3H3. The van der Waals surface area contributed by atoms with E-state index < -0.39 is 22.3 Å². The number of rotatable bonds is 5. The molecular formula is C11H21NO5S. The van der Waals surface area contributed by atoms with Gasteiger partial charge in [0.05, 0.1) is 25.0 Å². The minimum absolute atomic E-state index is 0.283. The van der Waals surface area contributed by atoms with Crippen LogP contribution in [0.15, 0.2) is 0 Å². The lowest BCUT2D eigenvalue weighted by Crippen LogP contribution is -2.39. The number of amides is 1. The van der Waals surface area contributed by atoms with Gasteiger partial charge in [-0.05, 0) is 19.8 Å². The first-order valence-corrected chi connectivity index (χ1v) is 7.98. The molecule has 0 bridgehead atoms. The lowest BCUT2D eigenvalue weighted by Gasteiger charge is -2.23. The lowest BCUT2D eigenvalue weighted by molar-refractivity contribution is 0.0867. The molecular weight excluding hydrogens is 258 g/mol. The maximum atomic E-state index is 11.7. The summed E-state index contributed by atoms with van der Waals surface area (Å²) in [6.45, 7) is 4.65. The average molecular weight is 279 g/mol. The lowest BCUT2D eigenvalue weighted by atomic mass is 10.2. The fourth-order valence-electron chi connectivity index (χ4n) is 1.91. The van der Waals surface area contributed by atoms with Gasteiger partial charge < -0.3 is 9.64 Å². The second kappa shape index (κ2) is 6.38. The highest BCUT2D eigenvalue weighted by Crippen LogP contribution is 2.22. The van der Waals surface area contributed by atoms with Gasteiger partial charge in [-0.2, -0.15) is 8.42 Å². The summed E-state index contributed by atoms with van der Waals surface area (Å²) in [5.41, 5.74) is 0. The van der Waals surface area contributed by atoms with Gasteiger partial charge in [-0.25, -0.2) is 4.79 Å². The van der Waals surface area contributed by atoms with E-state index in [1.807, 2.05) is 6.92 Å². The van der Waals surface area contributed by atoms with Crippen LogP contribution in [-0.4, -0.2) is 51.0 Å². The number of unbranched alkanes of at least 4 members (excludes halogenated alkanes) is 1. The van der Waals surface area contributed by atoms with Crippen molar-refractivity contribution >= 4 is 16.2 Å². The van der Waals surface area contributed by atoms with Crippen molar-refractivity contribution in [2.45, 2.75) is 45.3 Å². The van der Waals surface area contributed by atoms with Gasteiger partial charge in [-0.3, -0.25) is 4.18 Å². The molecule has 0 aliphatic carbocycles. The maximum absolute atomic E-state index is 11.7. The third-order valence-corrected chi connectivity index (χ3v) is 3.54. The third kappa shape index (κ3) is 4.45. The van der Waals surface area contributed by atoms with Crippen LogP contribution in [0.4, 0.5) is 4.79 Å². The number of ether oxygens (including phenoxy) is 1. The molecule has 1 heterocycles. The Kier molecular flexibility index (Phi) is 5.40. The van der Waals surface area contributed by atoms with E-state index in [-0.39, 0.29) is 6.04 Å². The molecule has 6 nitrogen and oxygen atoms in total. The van der Waals surface area contributed by atoms with Crippen molar-refractivity contribution in [3.63, 3.8) is 0 Å². The number of hydrogen-bond acceptors (Lipinski definition) is 5. The van der Waals surface area contributed by atoms with Crippen molar-refractivity contribution in [3.05, 3.63) is 0 Å². The van der Waals surface area contributed by atoms with Gasteiger partial charge in [0.2, 0.25) is 0 Å². The van der Waals surface area contributed by atoms with Crippen molar-refractivity contribution in [2.24, 2.45) is 0 Å². The third-order valence-electron chi connectivity index (χ3n) is 2.94. The van der Waals surface area contributed by atoms with Crippen LogP contribution < -0.4 is 0 Å². The highest BCUT2D eigenvalue weighted by atomic mass is 32.2. The predicted molar refractivity (Wildman–Crippen MR) is 66.8 cm³/mol. The zero-order chi connectivity index (χ0) is 13.8. The molecule has 0 aromatic heterocycles. The normalized spacial score (nSPS) is 24.3. The number of hydrogen-bond donors (Lipinski definition) is 0. The van der Waals surface area contributed by atoms with Gasteiger partial charge in [0.1, 0.15) is 0 Å². The van der Waals surface area contributed by atoms with Gasteiger partial charge in [0, 0.05) is 6.54 Å². The Morgan fingerprint density at radius 3 is 2.67 bits per heavy atom. The van der Waals surface area contributed by atoms with E-state index >= 15 is 0 Å². The molecule has 0 aromatic carbocycles. The number of carbonyl (C=O) groups excluding carboxylic acids is 1. The van der Waals surface area contributed by atoms with Crippen LogP contribution in [0, 0.1) is 0 Å². The minimum atomic E-state index is -3.49. The van der Waals surface area contributed by atoms with Gasteiger partial charge in [0.25, 0.3) is 10.1 Å². The summed E-state index contributed by atoms with van der Waals surface area (Å²) in [7, 11) is -3.49. The zero-order valence-corrected chi connectivity index (χ0v) is 11.9. The molecule has 1 rings (SSSR count). The molecule has 1 saturated heterocycles. The zero-order valence-electron chi connectivity index (χ0n) is 11.1. The van der Waals surface area contributed by atoms with Gasteiger partial charge in [0.15, 0.2) is 0 Å². The van der Waals surface area contributed by atoms with E-state index in [1.54, 1.807) is 6.92 Å². The van der Waals surface area contributed by atoms with Gasteiger partial charge in [-0.15, -0.1) is 0 Å². The first-order chi connectivity index (χ1) is 8.35. The second-order valence-electron chi connectivity index (χ2n) is 4.53. The molecule has 18 heavy (non-hydrogen) atoms. The highest BCUT2D eigenvalue weighted by Gasteiger charge is 2.37. The topological polar surface area (TPSA) is 72.9 Å². The van der Waals surface area contributed by atoms with Crippen molar-refractivity contribution in [1.82, 2.24) is 4.90 Å². The quantitative estimate of drug-likeness (QED) is 0.561. The first-order valence-electron chi connectivity index (χ1n) is 6.16. The van der Waals surface area contributed by atoms with E-state index in [2.05, 4.69) is 0 Å². The summed E-state index contributed by atoms with van der Waals surface area (Å²) in [6.07, 6.45) is 2.45. The van der Waals surface area contributed by atoms with Crippen molar-refractivity contribution in [3.8, 4) is 0 Å². The molecule has 0 saturated carbocycles. The van der Waals surface area contributed by atoms with E-state index in [0.29, 0.717) is 19.6 Å². The molecule has 7 heteroatoms. The molecule has 2 unspecified atom stereocenters. The Bertz CT molecular complexity index is 381. The molecule has 2 atom stereocenters. The maximum Gasteiger partial charge on any atom is 0.410 e. The Morgan fingerprint density at radius 2 is 2.11 bits per heavy atom. The fraction of sp³-hybridized carbons (Fsp3) is 0.909. The Hall–Kier alpha value is -0.820. The van der Waals surface area contributed by atoms with E-state index in [9.17, 15) is 13.2 Å². The number of nitrogens with zero attached hydrogens (tertiary/aromatic N) is 1. The van der Waals surface area contributed by atoms with Crippen molar-refractivity contribution < 1.29 is 22.1 Å². The number of carbonyl (C=O) groups is 1. The van der Waals surface area contributed by atoms with Crippen LogP contribution in [0.3, 0.4) is 0 Å². The molecule has 1 fully saturated rings. The van der Waals surface area contributed by atoms with E-state index in [1.165, 1.54) is 4.90 Å². The van der Waals surface area contributed by atoms with Gasteiger partial charge in [-0.1, -0.05) is 13.3 Å². The summed E-state index contributed by atoms with van der Waals surface area (Å²) in [4.78, 5) is 13.3. The molecule has 1 aliphatic rings. The Morgan fingerprint density at radius 1 is 1.44 bits per heavy atom. The summed E-state index contributed by atoms with van der Waals surface area (Å²) in [5, 5.41) is 0. The second-order valence-corrected chi connectivity index (χ2v) is 6.13. The highest BCUT2D eigenvalue weighted by molar-refractivity contribution is 7.86. The number of likely N-dealkylation sites (tertiary alicyclic amines) is 1. The molecule has 0 radical (unpaired) electrons. The van der Waals surface area contributed by atoms with Crippen LogP contribution in [0.1, 0.15) is 33.1 Å². The minimum Gasteiger partial charge on any atom is -0.449 e. The van der Waals surface area contributed by atoms with E-state index in [4.69, 9.17) is 8.92 Å². The largest absolute Gasteiger partial charge is 0.449 e. The molecule has 1 aliphatic heterocycles. The average Bonchev–Trinajstić information content (AvgIpc) is 2.58. The van der Waals surface area contributed by atoms with Crippen LogP contribution in [-0.2, 0) is 19.0 Å². The summed E-state index contributed by atoms with van der Waals surface area (Å²) >= 11 is 0. The SMILES string of the molecule is CCCCOC(=O)N1CCC(OS(C)(=O)=O)C1C. The van der Waals surface area contributed by atoms with E-state index in [0.717, 1.165) is 19.1 Å². The summed E-state index contributed by atoms with van der Waals surface area (Å²) in [5.74, 6) is 0.